The van der Waals surface area contributed by atoms with Crippen molar-refractivity contribution in [2.24, 2.45) is 4.99 Å². The van der Waals surface area contributed by atoms with Crippen LogP contribution in [-0.4, -0.2) is 65.3 Å². The smallest absolute Gasteiger partial charge is 0.338 e. The number of ether oxygens (including phenoxy) is 1. The molecule has 2 aromatic rings. The second-order valence-corrected chi connectivity index (χ2v) is 8.70. The number of carbonyl (C=O) groups excluding carboxylic acids is 1. The average molecular weight is 483 g/mol. The van der Waals surface area contributed by atoms with Crippen molar-refractivity contribution in [3.63, 3.8) is 0 Å². The molecule has 170 valence electrons. The number of hydrogen-bond donors (Lipinski definition) is 2. The van der Waals surface area contributed by atoms with Gasteiger partial charge in [-0.15, -0.1) is 11.3 Å². The third kappa shape index (κ3) is 4.68. The van der Waals surface area contributed by atoms with Gasteiger partial charge in [0.05, 0.1) is 18.3 Å². The lowest BCUT2D eigenvalue weighted by molar-refractivity contribution is -0.139. The number of amidine groups is 1. The molecule has 1 saturated heterocycles. The number of likely N-dealkylation sites (tertiary alicyclic amines) is 1. The van der Waals surface area contributed by atoms with Crippen LogP contribution in [0.1, 0.15) is 23.5 Å². The molecule has 1 aromatic carbocycles. The Labute approximate surface area is 192 Å². The number of rotatable bonds is 6. The monoisotopic (exact) mass is 482 g/mol. The van der Waals surface area contributed by atoms with Crippen molar-refractivity contribution < 1.29 is 23.4 Å². The maximum absolute atomic E-state index is 13.9. The first kappa shape index (κ1) is 22.8. The predicted molar refractivity (Wildman–Crippen MR) is 117 cm³/mol. The number of thiazole rings is 1. The molecule has 3 atom stereocenters. The quantitative estimate of drug-likeness (QED) is 0.616. The molecule has 0 radical (unpaired) electrons. The minimum absolute atomic E-state index is 0.0220. The summed E-state index contributed by atoms with van der Waals surface area (Å²) in [5, 5.41) is 15.4. The molecular formula is C21H21ClF2N4O3S. The van der Waals surface area contributed by atoms with Gasteiger partial charge in [0, 0.05) is 47.5 Å². The molecule has 0 aliphatic carbocycles. The molecule has 2 N–H and O–H groups in total. The Kier molecular flexibility index (Phi) is 6.85. The number of carbonyl (C=O) groups is 1. The molecule has 32 heavy (non-hydrogen) atoms. The fraction of sp³-hybridized carbons (Fsp3) is 0.381. The minimum Gasteiger partial charge on any atom is -0.463 e. The van der Waals surface area contributed by atoms with Crippen LogP contribution < -0.4 is 5.32 Å². The van der Waals surface area contributed by atoms with Gasteiger partial charge >= 0.3 is 5.97 Å². The number of aliphatic hydroxyl groups is 1. The molecule has 1 unspecified atom stereocenters. The summed E-state index contributed by atoms with van der Waals surface area (Å²) < 4.78 is 32.9. The SMILES string of the molecule is CCOC(=O)C1=C(CN2C[C@@H](O)[C@@H](F)C2)NC(c2nccs2)=NC1c1ccc(F)cc1Cl. The molecule has 0 saturated carbocycles. The molecule has 0 spiro atoms. The second-order valence-electron chi connectivity index (χ2n) is 7.40. The van der Waals surface area contributed by atoms with E-state index in [0.29, 0.717) is 22.1 Å². The lowest BCUT2D eigenvalue weighted by atomic mass is 9.95. The van der Waals surface area contributed by atoms with Crippen molar-refractivity contribution >= 4 is 34.7 Å². The van der Waals surface area contributed by atoms with Gasteiger partial charge in [0.1, 0.15) is 18.0 Å². The number of aliphatic imine (C=N–C) groups is 1. The van der Waals surface area contributed by atoms with Crippen molar-refractivity contribution in [1.29, 1.82) is 0 Å². The van der Waals surface area contributed by atoms with Crippen LogP contribution in [0.4, 0.5) is 8.78 Å². The van der Waals surface area contributed by atoms with E-state index in [4.69, 9.17) is 16.3 Å². The Bertz CT molecular complexity index is 1050. The van der Waals surface area contributed by atoms with Crippen molar-refractivity contribution in [2.45, 2.75) is 25.2 Å². The summed E-state index contributed by atoms with van der Waals surface area (Å²) in [4.78, 5) is 23.7. The fourth-order valence-corrected chi connectivity index (χ4v) is 4.60. The van der Waals surface area contributed by atoms with E-state index in [1.165, 1.54) is 23.5 Å². The van der Waals surface area contributed by atoms with Crippen molar-refractivity contribution in [2.75, 3.05) is 26.2 Å². The number of aromatic nitrogens is 1. The van der Waals surface area contributed by atoms with Gasteiger partial charge < -0.3 is 15.2 Å². The third-order valence-electron chi connectivity index (χ3n) is 5.19. The number of hydrogen-bond acceptors (Lipinski definition) is 8. The van der Waals surface area contributed by atoms with E-state index in [1.54, 1.807) is 23.4 Å². The molecule has 4 rings (SSSR count). The highest BCUT2D eigenvalue weighted by atomic mass is 35.5. The standard InChI is InChI=1S/C21H21ClF2N4O3S/c1-2-31-21(30)17-15(9-28-8-14(24)16(29)10-28)26-19(20-25-5-6-32-20)27-18(17)12-4-3-11(23)7-13(12)22/h3-7,14,16,18,29H,2,8-10H2,1H3,(H,26,27)/t14-,16+,18?/m0/s1. The van der Waals surface area contributed by atoms with Gasteiger partial charge in [0.2, 0.25) is 0 Å². The zero-order valence-corrected chi connectivity index (χ0v) is 18.7. The van der Waals surface area contributed by atoms with Crippen LogP contribution in [0, 0.1) is 5.82 Å². The summed E-state index contributed by atoms with van der Waals surface area (Å²) in [6, 6.07) is 3.00. The van der Waals surface area contributed by atoms with Crippen LogP contribution >= 0.6 is 22.9 Å². The van der Waals surface area contributed by atoms with E-state index in [1.807, 2.05) is 0 Å². The van der Waals surface area contributed by atoms with Gasteiger partial charge in [-0.05, 0) is 19.1 Å². The van der Waals surface area contributed by atoms with Crippen molar-refractivity contribution in [3.8, 4) is 0 Å². The molecule has 2 aliphatic heterocycles. The first-order valence-corrected chi connectivity index (χ1v) is 11.3. The molecule has 11 heteroatoms. The molecule has 1 fully saturated rings. The number of esters is 1. The summed E-state index contributed by atoms with van der Waals surface area (Å²) in [6.07, 6.45) is -0.849. The second kappa shape index (κ2) is 9.62. The van der Waals surface area contributed by atoms with E-state index in [2.05, 4.69) is 15.3 Å². The third-order valence-corrected chi connectivity index (χ3v) is 6.30. The van der Waals surface area contributed by atoms with Crippen molar-refractivity contribution in [1.82, 2.24) is 15.2 Å². The Morgan fingerprint density at radius 3 is 2.88 bits per heavy atom. The van der Waals surface area contributed by atoms with Gasteiger partial charge in [0.15, 0.2) is 10.8 Å². The summed E-state index contributed by atoms with van der Waals surface area (Å²) in [5.74, 6) is -0.720. The van der Waals surface area contributed by atoms with Crippen LogP contribution in [0.2, 0.25) is 5.02 Å². The van der Waals surface area contributed by atoms with Gasteiger partial charge in [0.25, 0.3) is 0 Å². The number of nitrogens with one attached hydrogen (secondary N) is 1. The number of nitrogens with zero attached hydrogens (tertiary/aromatic N) is 3. The number of alkyl halides is 1. The first-order valence-electron chi connectivity index (χ1n) is 10.0. The zero-order valence-electron chi connectivity index (χ0n) is 17.1. The van der Waals surface area contributed by atoms with Crippen LogP contribution in [0.25, 0.3) is 0 Å². The average Bonchev–Trinajstić information content (AvgIpc) is 3.38. The normalized spacial score (nSPS) is 23.8. The lowest BCUT2D eigenvalue weighted by Crippen LogP contribution is -2.39. The summed E-state index contributed by atoms with van der Waals surface area (Å²) in [7, 11) is 0. The number of benzene rings is 1. The molecule has 1 aromatic heterocycles. The highest BCUT2D eigenvalue weighted by Crippen LogP contribution is 2.37. The van der Waals surface area contributed by atoms with Crippen molar-refractivity contribution in [3.05, 3.63) is 62.5 Å². The summed E-state index contributed by atoms with van der Waals surface area (Å²) in [5.41, 5.74) is 1.06. The van der Waals surface area contributed by atoms with E-state index >= 15 is 0 Å². The van der Waals surface area contributed by atoms with E-state index in [0.717, 1.165) is 6.07 Å². The number of aliphatic hydroxyl groups excluding tert-OH is 1. The molecule has 0 amide bonds. The largest absolute Gasteiger partial charge is 0.463 e. The summed E-state index contributed by atoms with van der Waals surface area (Å²) >= 11 is 7.68. The van der Waals surface area contributed by atoms with Crippen LogP contribution in [0.3, 0.4) is 0 Å². The minimum atomic E-state index is -1.38. The Balaban J connectivity index is 1.81. The van der Waals surface area contributed by atoms with E-state index in [9.17, 15) is 18.7 Å². The molecule has 7 nitrogen and oxygen atoms in total. The van der Waals surface area contributed by atoms with Gasteiger partial charge in [-0.3, -0.25) is 9.89 Å². The number of β-amino-alcohol motifs (C(OH)–C–C–N with tert-alkyl or cyclic N) is 1. The Morgan fingerprint density at radius 2 is 2.25 bits per heavy atom. The molecule has 2 aliphatic rings. The topological polar surface area (TPSA) is 87.0 Å². The summed E-state index contributed by atoms with van der Waals surface area (Å²) in [6.45, 7) is 2.11. The predicted octanol–water partition coefficient (Wildman–Crippen LogP) is 2.86. The van der Waals surface area contributed by atoms with E-state index < -0.39 is 30.1 Å². The van der Waals surface area contributed by atoms with Crippen LogP contribution in [0.5, 0.6) is 0 Å². The lowest BCUT2D eigenvalue weighted by Gasteiger charge is -2.29. The van der Waals surface area contributed by atoms with Gasteiger partial charge in [-0.1, -0.05) is 17.7 Å². The Morgan fingerprint density at radius 1 is 1.44 bits per heavy atom. The highest BCUT2D eigenvalue weighted by molar-refractivity contribution is 7.11. The van der Waals surface area contributed by atoms with E-state index in [-0.39, 0.29) is 36.8 Å². The van der Waals surface area contributed by atoms with Gasteiger partial charge in [-0.2, -0.15) is 0 Å². The molecular weight excluding hydrogens is 462 g/mol. The highest BCUT2D eigenvalue weighted by Gasteiger charge is 2.37. The molecule has 0 bridgehead atoms. The maximum Gasteiger partial charge on any atom is 0.338 e. The fourth-order valence-electron chi connectivity index (χ4n) is 3.74. The maximum atomic E-state index is 13.9. The zero-order chi connectivity index (χ0) is 22.8. The van der Waals surface area contributed by atoms with Crippen LogP contribution in [0.15, 0.2) is 46.0 Å². The van der Waals surface area contributed by atoms with Gasteiger partial charge in [-0.25, -0.2) is 18.6 Å². The van der Waals surface area contributed by atoms with Crippen LogP contribution in [-0.2, 0) is 9.53 Å². The first-order chi connectivity index (χ1) is 15.4. The molecule has 3 heterocycles. The number of halogens is 3. The Hall–Kier alpha value is -2.40.